The van der Waals surface area contributed by atoms with Crippen molar-refractivity contribution < 1.29 is 19.5 Å². The Hall–Kier alpha value is -3.45. The molecule has 3 aromatic rings. The first-order valence-corrected chi connectivity index (χ1v) is 8.49. The standard InChI is InChI=1S/C19H14N2O4S/c22-17(20-13-9-7-12(8-10-13)19(24)25)14-4-1-2-5-15(14)21-18(23)16-6-3-11-26-16/h1-11H,(H,20,22)(H,21,23)(H,24,25)/p-1. The van der Waals surface area contributed by atoms with Crippen LogP contribution in [0.5, 0.6) is 0 Å². The molecule has 0 atom stereocenters. The molecule has 0 spiro atoms. The van der Waals surface area contributed by atoms with Crippen molar-refractivity contribution in [3.63, 3.8) is 0 Å². The van der Waals surface area contributed by atoms with Crippen LogP contribution in [0.3, 0.4) is 0 Å². The van der Waals surface area contributed by atoms with Gasteiger partial charge in [0.25, 0.3) is 11.8 Å². The Morgan fingerprint density at radius 1 is 0.808 bits per heavy atom. The van der Waals surface area contributed by atoms with E-state index < -0.39 is 11.9 Å². The lowest BCUT2D eigenvalue weighted by Gasteiger charge is -2.11. The van der Waals surface area contributed by atoms with Crippen LogP contribution in [0, 0.1) is 0 Å². The van der Waals surface area contributed by atoms with Crippen LogP contribution in [-0.4, -0.2) is 17.8 Å². The minimum absolute atomic E-state index is 0.0200. The highest BCUT2D eigenvalue weighted by Gasteiger charge is 2.14. The summed E-state index contributed by atoms with van der Waals surface area (Å²) in [7, 11) is 0. The molecule has 0 aliphatic rings. The monoisotopic (exact) mass is 365 g/mol. The normalized spacial score (nSPS) is 10.2. The molecule has 26 heavy (non-hydrogen) atoms. The Balaban J connectivity index is 1.77. The maximum atomic E-state index is 12.5. The molecule has 2 amide bonds. The number of benzene rings is 2. The first kappa shape index (κ1) is 17.4. The van der Waals surface area contributed by atoms with E-state index in [2.05, 4.69) is 10.6 Å². The van der Waals surface area contributed by atoms with E-state index in [9.17, 15) is 19.5 Å². The number of aromatic carboxylic acids is 1. The summed E-state index contributed by atoms with van der Waals surface area (Å²) < 4.78 is 0. The molecule has 7 heteroatoms. The fraction of sp³-hybridized carbons (Fsp3) is 0. The number of hydrogen-bond acceptors (Lipinski definition) is 5. The van der Waals surface area contributed by atoms with Gasteiger partial charge in [-0.3, -0.25) is 9.59 Å². The van der Waals surface area contributed by atoms with Gasteiger partial charge in [-0.1, -0.05) is 30.3 Å². The number of carbonyl (C=O) groups excluding carboxylic acids is 3. The summed E-state index contributed by atoms with van der Waals surface area (Å²) >= 11 is 1.31. The molecule has 0 aliphatic carbocycles. The lowest BCUT2D eigenvalue weighted by molar-refractivity contribution is -0.255. The molecule has 0 aliphatic heterocycles. The number of rotatable bonds is 5. The van der Waals surface area contributed by atoms with Gasteiger partial charge in [0, 0.05) is 5.69 Å². The fourth-order valence-corrected chi connectivity index (χ4v) is 2.89. The molecule has 0 saturated carbocycles. The van der Waals surface area contributed by atoms with E-state index in [1.54, 1.807) is 41.8 Å². The van der Waals surface area contributed by atoms with Crippen molar-refractivity contribution in [2.24, 2.45) is 0 Å². The average Bonchev–Trinajstić information content (AvgIpc) is 3.17. The third kappa shape index (κ3) is 3.96. The number of hydrogen-bond donors (Lipinski definition) is 2. The topological polar surface area (TPSA) is 98.3 Å². The number of nitrogens with one attached hydrogen (secondary N) is 2. The largest absolute Gasteiger partial charge is 0.545 e. The van der Waals surface area contributed by atoms with E-state index in [0.29, 0.717) is 21.8 Å². The molecule has 130 valence electrons. The molecule has 0 fully saturated rings. The molecule has 0 unspecified atom stereocenters. The number of carboxylic acid groups (broad SMARTS) is 1. The minimum Gasteiger partial charge on any atom is -0.545 e. The SMILES string of the molecule is O=C([O-])c1ccc(NC(=O)c2ccccc2NC(=O)c2cccs2)cc1. The molecule has 2 aromatic carbocycles. The van der Waals surface area contributed by atoms with Crippen LogP contribution in [0.4, 0.5) is 11.4 Å². The van der Waals surface area contributed by atoms with Crippen LogP contribution in [0.15, 0.2) is 66.0 Å². The summed E-state index contributed by atoms with van der Waals surface area (Å²) in [4.78, 5) is 36.1. The molecular weight excluding hydrogens is 352 g/mol. The maximum absolute atomic E-state index is 12.5. The van der Waals surface area contributed by atoms with E-state index in [-0.39, 0.29) is 11.5 Å². The van der Waals surface area contributed by atoms with Crippen molar-refractivity contribution >= 4 is 40.5 Å². The van der Waals surface area contributed by atoms with Gasteiger partial charge in [0.05, 0.1) is 22.1 Å². The van der Waals surface area contributed by atoms with Crippen molar-refractivity contribution in [1.29, 1.82) is 0 Å². The zero-order valence-electron chi connectivity index (χ0n) is 13.4. The Labute approximate surface area is 153 Å². The minimum atomic E-state index is -1.29. The van der Waals surface area contributed by atoms with Gasteiger partial charge in [0.2, 0.25) is 0 Å². The van der Waals surface area contributed by atoms with Gasteiger partial charge in [-0.25, -0.2) is 0 Å². The average molecular weight is 365 g/mol. The third-order valence-electron chi connectivity index (χ3n) is 3.54. The Kier molecular flexibility index (Phi) is 5.09. The van der Waals surface area contributed by atoms with Gasteiger partial charge in [-0.15, -0.1) is 11.3 Å². The van der Waals surface area contributed by atoms with E-state index in [4.69, 9.17) is 0 Å². The van der Waals surface area contributed by atoms with Gasteiger partial charge >= 0.3 is 0 Å². The third-order valence-corrected chi connectivity index (χ3v) is 4.41. The van der Waals surface area contributed by atoms with Crippen molar-refractivity contribution in [1.82, 2.24) is 0 Å². The maximum Gasteiger partial charge on any atom is 0.265 e. The van der Waals surface area contributed by atoms with E-state index in [1.807, 2.05) is 0 Å². The fourth-order valence-electron chi connectivity index (χ4n) is 2.27. The quantitative estimate of drug-likeness (QED) is 0.726. The predicted octanol–water partition coefficient (Wildman–Crippen LogP) is 2.62. The second-order valence-corrected chi connectivity index (χ2v) is 6.24. The van der Waals surface area contributed by atoms with E-state index in [1.165, 1.54) is 35.6 Å². The van der Waals surface area contributed by atoms with Crippen LogP contribution >= 0.6 is 11.3 Å². The molecule has 3 rings (SSSR count). The van der Waals surface area contributed by atoms with Crippen LogP contribution in [0.25, 0.3) is 0 Å². The number of para-hydroxylation sites is 1. The summed E-state index contributed by atoms with van der Waals surface area (Å²) in [6.07, 6.45) is 0. The number of amides is 2. The zero-order valence-corrected chi connectivity index (χ0v) is 14.2. The zero-order chi connectivity index (χ0) is 18.5. The summed E-state index contributed by atoms with van der Waals surface area (Å²) in [5.74, 6) is -2.00. The van der Waals surface area contributed by atoms with Crippen molar-refractivity contribution in [3.8, 4) is 0 Å². The molecule has 0 radical (unpaired) electrons. The predicted molar refractivity (Wildman–Crippen MR) is 97.4 cm³/mol. The molecule has 0 saturated heterocycles. The summed E-state index contributed by atoms with van der Waals surface area (Å²) in [5, 5.41) is 18.0. The van der Waals surface area contributed by atoms with Gasteiger partial charge in [0.1, 0.15) is 0 Å². The molecule has 1 heterocycles. The highest BCUT2D eigenvalue weighted by Crippen LogP contribution is 2.20. The van der Waals surface area contributed by atoms with Crippen molar-refractivity contribution in [2.45, 2.75) is 0 Å². The Morgan fingerprint density at radius 2 is 1.54 bits per heavy atom. The highest BCUT2D eigenvalue weighted by molar-refractivity contribution is 7.12. The first-order chi connectivity index (χ1) is 12.5. The van der Waals surface area contributed by atoms with Crippen LogP contribution in [-0.2, 0) is 0 Å². The molecule has 2 N–H and O–H groups in total. The smallest absolute Gasteiger partial charge is 0.265 e. The number of carboxylic acids is 1. The number of thiophene rings is 1. The lowest BCUT2D eigenvalue weighted by Crippen LogP contribution is -2.22. The molecule has 0 bridgehead atoms. The summed E-state index contributed by atoms with van der Waals surface area (Å²) in [5.41, 5.74) is 1.13. The van der Waals surface area contributed by atoms with Crippen LogP contribution < -0.4 is 15.7 Å². The Morgan fingerprint density at radius 3 is 2.19 bits per heavy atom. The van der Waals surface area contributed by atoms with Crippen molar-refractivity contribution in [2.75, 3.05) is 10.6 Å². The second kappa shape index (κ2) is 7.62. The molecule has 1 aromatic heterocycles. The van der Waals surface area contributed by atoms with E-state index >= 15 is 0 Å². The van der Waals surface area contributed by atoms with Gasteiger partial charge in [0.15, 0.2) is 0 Å². The number of carbonyl (C=O) groups is 3. The summed E-state index contributed by atoms with van der Waals surface area (Å²) in [6.45, 7) is 0. The van der Waals surface area contributed by atoms with Gasteiger partial charge < -0.3 is 20.5 Å². The van der Waals surface area contributed by atoms with Gasteiger partial charge in [-0.2, -0.15) is 0 Å². The Bertz CT molecular complexity index is 950. The van der Waals surface area contributed by atoms with E-state index in [0.717, 1.165) is 0 Å². The van der Waals surface area contributed by atoms with Gasteiger partial charge in [-0.05, 0) is 41.3 Å². The number of anilines is 2. The molecular formula is C19H13N2O4S-. The summed E-state index contributed by atoms with van der Waals surface area (Å²) in [6, 6.07) is 15.7. The van der Waals surface area contributed by atoms with Crippen LogP contribution in [0.1, 0.15) is 30.4 Å². The highest BCUT2D eigenvalue weighted by atomic mass is 32.1. The van der Waals surface area contributed by atoms with Crippen LogP contribution in [0.2, 0.25) is 0 Å². The molecule has 6 nitrogen and oxygen atoms in total. The second-order valence-electron chi connectivity index (χ2n) is 5.30. The lowest BCUT2D eigenvalue weighted by atomic mass is 10.1. The van der Waals surface area contributed by atoms with Crippen molar-refractivity contribution in [3.05, 3.63) is 82.0 Å². The first-order valence-electron chi connectivity index (χ1n) is 7.61.